The van der Waals surface area contributed by atoms with Crippen molar-refractivity contribution in [3.8, 4) is 5.75 Å². The third-order valence-corrected chi connectivity index (χ3v) is 5.50. The molecule has 7 nitrogen and oxygen atoms in total. The van der Waals surface area contributed by atoms with Gasteiger partial charge in [-0.2, -0.15) is 0 Å². The van der Waals surface area contributed by atoms with Gasteiger partial charge in [-0.05, 0) is 91.2 Å². The van der Waals surface area contributed by atoms with Crippen LogP contribution in [-0.2, 0) is 4.74 Å². The van der Waals surface area contributed by atoms with E-state index < -0.39 is 0 Å². The minimum atomic E-state index is -0.357. The van der Waals surface area contributed by atoms with E-state index in [0.717, 1.165) is 19.4 Å². The van der Waals surface area contributed by atoms with E-state index >= 15 is 0 Å². The standard InChI is InChI=1S/C23H26BrN3O4S/c1-14(2)31-20-9-8-16(12-19(20)24)22(29)27-23(32)26-17-6-3-5-15(11-17)21(28)25-13-18-7-4-10-30-18/h3,5-6,8-9,11-12,14,18H,4,7,10,13H2,1-2H3,(H,25,28)(H2,26,27,29,32). The minimum Gasteiger partial charge on any atom is -0.490 e. The summed E-state index contributed by atoms with van der Waals surface area (Å²) in [7, 11) is 0. The SMILES string of the molecule is CC(C)Oc1ccc(C(=O)NC(=S)Nc2cccc(C(=O)NCC3CCCO3)c2)cc1Br. The van der Waals surface area contributed by atoms with Crippen LogP contribution in [0.2, 0.25) is 0 Å². The fraction of sp³-hybridized carbons (Fsp3) is 0.348. The molecule has 1 atom stereocenters. The van der Waals surface area contributed by atoms with Crippen LogP contribution >= 0.6 is 28.1 Å². The van der Waals surface area contributed by atoms with Crippen molar-refractivity contribution in [3.63, 3.8) is 0 Å². The maximum Gasteiger partial charge on any atom is 0.257 e. The van der Waals surface area contributed by atoms with Gasteiger partial charge in [0.2, 0.25) is 0 Å². The van der Waals surface area contributed by atoms with Crippen LogP contribution in [-0.4, -0.2) is 42.3 Å². The highest BCUT2D eigenvalue weighted by molar-refractivity contribution is 9.10. The Balaban J connectivity index is 1.55. The maximum atomic E-state index is 12.5. The predicted molar refractivity (Wildman–Crippen MR) is 131 cm³/mol. The highest BCUT2D eigenvalue weighted by atomic mass is 79.9. The summed E-state index contributed by atoms with van der Waals surface area (Å²) in [6.45, 7) is 5.09. The molecule has 2 aromatic rings. The third kappa shape index (κ3) is 7.01. The minimum absolute atomic E-state index is 0.0247. The summed E-state index contributed by atoms with van der Waals surface area (Å²) in [6, 6.07) is 12.0. The van der Waals surface area contributed by atoms with E-state index in [1.807, 2.05) is 13.8 Å². The van der Waals surface area contributed by atoms with E-state index in [2.05, 4.69) is 31.9 Å². The molecule has 2 amide bonds. The zero-order valence-electron chi connectivity index (χ0n) is 17.9. The average molecular weight is 520 g/mol. The number of thiocarbonyl (C=S) groups is 1. The number of nitrogens with one attached hydrogen (secondary N) is 3. The van der Waals surface area contributed by atoms with E-state index in [0.29, 0.717) is 33.6 Å². The fourth-order valence-electron chi connectivity index (χ4n) is 3.18. The molecule has 1 unspecified atom stereocenters. The van der Waals surface area contributed by atoms with Crippen molar-refractivity contribution >= 4 is 50.8 Å². The predicted octanol–water partition coefficient (Wildman–Crippen LogP) is 4.27. The molecule has 2 aromatic carbocycles. The lowest BCUT2D eigenvalue weighted by Crippen LogP contribution is -2.34. The van der Waals surface area contributed by atoms with Gasteiger partial charge in [0.1, 0.15) is 5.75 Å². The van der Waals surface area contributed by atoms with Crippen molar-refractivity contribution in [2.24, 2.45) is 0 Å². The molecule has 1 aliphatic rings. The first kappa shape index (κ1) is 24.2. The molecule has 3 N–H and O–H groups in total. The van der Waals surface area contributed by atoms with Gasteiger partial charge in [-0.25, -0.2) is 0 Å². The first-order valence-corrected chi connectivity index (χ1v) is 11.6. The molecule has 1 fully saturated rings. The summed E-state index contributed by atoms with van der Waals surface area (Å²) in [6.07, 6.45) is 2.08. The first-order valence-electron chi connectivity index (χ1n) is 10.4. The van der Waals surface area contributed by atoms with Crippen LogP contribution in [0.1, 0.15) is 47.4 Å². The molecule has 0 spiro atoms. The molecule has 1 aliphatic heterocycles. The van der Waals surface area contributed by atoms with Gasteiger partial charge in [-0.3, -0.25) is 14.9 Å². The van der Waals surface area contributed by atoms with Crippen molar-refractivity contribution in [3.05, 3.63) is 58.1 Å². The number of carbonyl (C=O) groups is 2. The molecular formula is C23H26BrN3O4S. The Bertz CT molecular complexity index is 993. The summed E-state index contributed by atoms with van der Waals surface area (Å²) in [5.41, 5.74) is 1.52. The van der Waals surface area contributed by atoms with Crippen LogP contribution in [0.3, 0.4) is 0 Å². The number of hydrogen-bond donors (Lipinski definition) is 3. The molecule has 3 rings (SSSR count). The zero-order chi connectivity index (χ0) is 23.1. The van der Waals surface area contributed by atoms with Crippen LogP contribution in [0.15, 0.2) is 46.9 Å². The molecule has 0 radical (unpaired) electrons. The molecule has 0 aromatic heterocycles. The Kier molecular flexibility index (Phi) is 8.60. The quantitative estimate of drug-likeness (QED) is 0.473. The van der Waals surface area contributed by atoms with Crippen molar-refractivity contribution in [2.75, 3.05) is 18.5 Å². The van der Waals surface area contributed by atoms with Gasteiger partial charge in [0, 0.05) is 30.0 Å². The summed E-state index contributed by atoms with van der Waals surface area (Å²) in [5.74, 6) is 0.115. The number of rotatable bonds is 7. The van der Waals surface area contributed by atoms with Crippen LogP contribution in [0.4, 0.5) is 5.69 Å². The van der Waals surface area contributed by atoms with Crippen LogP contribution in [0, 0.1) is 0 Å². The molecule has 32 heavy (non-hydrogen) atoms. The lowest BCUT2D eigenvalue weighted by Gasteiger charge is -2.14. The molecule has 0 saturated carbocycles. The van der Waals surface area contributed by atoms with E-state index in [-0.39, 0.29) is 29.1 Å². The van der Waals surface area contributed by atoms with E-state index in [4.69, 9.17) is 21.7 Å². The topological polar surface area (TPSA) is 88.7 Å². The number of carbonyl (C=O) groups excluding carboxylic acids is 2. The number of ether oxygens (including phenoxy) is 2. The van der Waals surface area contributed by atoms with Crippen molar-refractivity contribution in [2.45, 2.75) is 38.9 Å². The number of halogens is 1. The molecule has 1 saturated heterocycles. The van der Waals surface area contributed by atoms with Gasteiger partial charge >= 0.3 is 0 Å². The summed E-state index contributed by atoms with van der Waals surface area (Å²) in [4.78, 5) is 25.0. The summed E-state index contributed by atoms with van der Waals surface area (Å²) < 4.78 is 11.9. The van der Waals surface area contributed by atoms with Crippen LogP contribution < -0.4 is 20.7 Å². The Morgan fingerprint density at radius 1 is 1.19 bits per heavy atom. The maximum absolute atomic E-state index is 12.5. The third-order valence-electron chi connectivity index (χ3n) is 4.68. The van der Waals surface area contributed by atoms with Gasteiger partial charge in [-0.15, -0.1) is 0 Å². The average Bonchev–Trinajstić information content (AvgIpc) is 3.27. The number of anilines is 1. The smallest absolute Gasteiger partial charge is 0.257 e. The van der Waals surface area contributed by atoms with Crippen molar-refractivity contribution in [1.29, 1.82) is 0 Å². The van der Waals surface area contributed by atoms with Gasteiger partial charge in [0.15, 0.2) is 5.11 Å². The lowest BCUT2D eigenvalue weighted by molar-refractivity contribution is 0.0857. The highest BCUT2D eigenvalue weighted by Crippen LogP contribution is 2.27. The lowest BCUT2D eigenvalue weighted by atomic mass is 10.1. The normalized spacial score (nSPS) is 15.3. The fourth-order valence-corrected chi connectivity index (χ4v) is 3.86. The first-order chi connectivity index (χ1) is 15.3. The molecule has 1 heterocycles. The molecule has 0 aliphatic carbocycles. The Morgan fingerprint density at radius 2 is 1.97 bits per heavy atom. The van der Waals surface area contributed by atoms with Gasteiger partial charge < -0.3 is 20.1 Å². The number of hydrogen-bond acceptors (Lipinski definition) is 5. The second-order valence-electron chi connectivity index (χ2n) is 7.65. The van der Waals surface area contributed by atoms with E-state index in [1.165, 1.54) is 0 Å². The highest BCUT2D eigenvalue weighted by Gasteiger charge is 2.17. The van der Waals surface area contributed by atoms with Crippen molar-refractivity contribution < 1.29 is 19.1 Å². The van der Waals surface area contributed by atoms with E-state index in [1.54, 1.807) is 42.5 Å². The monoisotopic (exact) mass is 519 g/mol. The van der Waals surface area contributed by atoms with Gasteiger partial charge in [-0.1, -0.05) is 6.07 Å². The Labute approximate surface area is 201 Å². The molecule has 0 bridgehead atoms. The summed E-state index contributed by atoms with van der Waals surface area (Å²) in [5, 5.41) is 8.61. The van der Waals surface area contributed by atoms with E-state index in [9.17, 15) is 9.59 Å². The Morgan fingerprint density at radius 3 is 2.66 bits per heavy atom. The largest absolute Gasteiger partial charge is 0.490 e. The molecular weight excluding hydrogens is 494 g/mol. The van der Waals surface area contributed by atoms with Gasteiger partial charge in [0.05, 0.1) is 16.7 Å². The van der Waals surface area contributed by atoms with Crippen LogP contribution in [0.5, 0.6) is 5.75 Å². The van der Waals surface area contributed by atoms with Gasteiger partial charge in [0.25, 0.3) is 11.8 Å². The van der Waals surface area contributed by atoms with Crippen LogP contribution in [0.25, 0.3) is 0 Å². The van der Waals surface area contributed by atoms with Crippen molar-refractivity contribution in [1.82, 2.24) is 10.6 Å². The Hall–Kier alpha value is -2.49. The number of amides is 2. The molecule has 170 valence electrons. The second-order valence-corrected chi connectivity index (χ2v) is 8.91. The zero-order valence-corrected chi connectivity index (χ0v) is 20.3. The second kappa shape index (κ2) is 11.4. The molecule has 9 heteroatoms. The number of benzene rings is 2. The summed E-state index contributed by atoms with van der Waals surface area (Å²) >= 11 is 8.68.